The summed E-state index contributed by atoms with van der Waals surface area (Å²) in [5.74, 6) is 6.61. The minimum absolute atomic E-state index is 0.253. The summed E-state index contributed by atoms with van der Waals surface area (Å²) in [6.45, 7) is 0. The van der Waals surface area contributed by atoms with Crippen molar-refractivity contribution in [2.75, 3.05) is 0 Å². The molecule has 1 aliphatic rings. The highest BCUT2D eigenvalue weighted by molar-refractivity contribution is 5.79. The molecule has 0 amide bonds. The Morgan fingerprint density at radius 2 is 2.05 bits per heavy atom. The molecule has 1 saturated carbocycles. The van der Waals surface area contributed by atoms with Gasteiger partial charge in [-0.1, -0.05) is 44.2 Å². The summed E-state index contributed by atoms with van der Waals surface area (Å²) in [5.41, 5.74) is 5.33. The Bertz CT molecular complexity index is 561. The monoisotopic (exact) mass is 269 g/mol. The van der Waals surface area contributed by atoms with Crippen LogP contribution in [-0.4, -0.2) is 4.98 Å². The lowest BCUT2D eigenvalue weighted by atomic mass is 9.83. The number of pyridine rings is 1. The van der Waals surface area contributed by atoms with Gasteiger partial charge in [-0.15, -0.1) is 0 Å². The quantitative estimate of drug-likeness (QED) is 0.657. The smallest absolute Gasteiger partial charge is 0.0702 e. The molecule has 1 heterocycles. The number of nitrogens with zero attached hydrogens (tertiary/aromatic N) is 1. The first-order chi connectivity index (χ1) is 9.86. The molecule has 1 unspecified atom stereocenters. The van der Waals surface area contributed by atoms with E-state index >= 15 is 0 Å². The normalized spacial score (nSPS) is 18.2. The Morgan fingerprint density at radius 1 is 1.20 bits per heavy atom. The summed E-state index contributed by atoms with van der Waals surface area (Å²) in [5, 5.41) is 1.19. The molecule has 1 atom stereocenters. The first-order valence-electron chi connectivity index (χ1n) is 7.67. The zero-order valence-electron chi connectivity index (χ0n) is 11.9. The van der Waals surface area contributed by atoms with Gasteiger partial charge in [-0.3, -0.25) is 16.3 Å². The molecule has 1 fully saturated rings. The Morgan fingerprint density at radius 3 is 2.85 bits per heavy atom. The predicted octanol–water partition coefficient (Wildman–Crippen LogP) is 3.71. The molecule has 1 aromatic carbocycles. The molecular formula is C17H23N3. The molecule has 3 nitrogen and oxygen atoms in total. The molecule has 1 aliphatic carbocycles. The van der Waals surface area contributed by atoms with Crippen molar-refractivity contribution in [2.45, 2.75) is 44.6 Å². The van der Waals surface area contributed by atoms with Crippen LogP contribution in [0.4, 0.5) is 0 Å². The van der Waals surface area contributed by atoms with Crippen LogP contribution in [0.1, 0.15) is 50.1 Å². The SMILES string of the molecule is NNC(CC1CCCCC1)c1ccc2ncccc2c1. The van der Waals surface area contributed by atoms with Crippen LogP contribution < -0.4 is 11.3 Å². The topological polar surface area (TPSA) is 50.9 Å². The Kier molecular flexibility index (Phi) is 4.28. The van der Waals surface area contributed by atoms with E-state index in [-0.39, 0.29) is 6.04 Å². The molecule has 0 bridgehead atoms. The van der Waals surface area contributed by atoms with E-state index in [1.807, 2.05) is 12.3 Å². The number of rotatable bonds is 4. The summed E-state index contributed by atoms with van der Waals surface area (Å²) in [6, 6.07) is 10.8. The van der Waals surface area contributed by atoms with Crippen LogP contribution in [0.3, 0.4) is 0 Å². The van der Waals surface area contributed by atoms with E-state index in [2.05, 4.69) is 34.7 Å². The molecule has 0 aliphatic heterocycles. The predicted molar refractivity (Wildman–Crippen MR) is 83.0 cm³/mol. The number of nitrogens with one attached hydrogen (secondary N) is 1. The maximum absolute atomic E-state index is 5.80. The molecule has 3 N–H and O–H groups in total. The average Bonchev–Trinajstić information content (AvgIpc) is 2.53. The third-order valence-corrected chi connectivity index (χ3v) is 4.52. The Hall–Kier alpha value is -1.45. The van der Waals surface area contributed by atoms with Gasteiger partial charge in [-0.05, 0) is 36.1 Å². The van der Waals surface area contributed by atoms with E-state index in [0.717, 1.165) is 17.9 Å². The van der Waals surface area contributed by atoms with E-state index in [1.165, 1.54) is 43.1 Å². The number of fused-ring (bicyclic) bond motifs is 1. The zero-order valence-corrected chi connectivity index (χ0v) is 11.9. The molecule has 3 rings (SSSR count). The summed E-state index contributed by atoms with van der Waals surface area (Å²) >= 11 is 0. The zero-order chi connectivity index (χ0) is 13.8. The van der Waals surface area contributed by atoms with Gasteiger partial charge in [0, 0.05) is 17.6 Å². The number of hydrazine groups is 1. The fourth-order valence-electron chi connectivity index (χ4n) is 3.37. The summed E-state index contributed by atoms with van der Waals surface area (Å²) < 4.78 is 0. The minimum atomic E-state index is 0.253. The molecule has 3 heteroatoms. The van der Waals surface area contributed by atoms with Crippen LogP contribution in [0.2, 0.25) is 0 Å². The lowest BCUT2D eigenvalue weighted by molar-refractivity contribution is 0.301. The van der Waals surface area contributed by atoms with Crippen molar-refractivity contribution in [1.29, 1.82) is 0 Å². The fraction of sp³-hybridized carbons (Fsp3) is 0.471. The van der Waals surface area contributed by atoms with E-state index in [9.17, 15) is 0 Å². The first-order valence-corrected chi connectivity index (χ1v) is 7.67. The second-order valence-corrected chi connectivity index (χ2v) is 5.91. The first kappa shape index (κ1) is 13.5. The third-order valence-electron chi connectivity index (χ3n) is 4.52. The number of aromatic nitrogens is 1. The highest BCUT2D eigenvalue weighted by Gasteiger charge is 2.19. The van der Waals surface area contributed by atoms with E-state index in [0.29, 0.717) is 0 Å². The van der Waals surface area contributed by atoms with Gasteiger partial charge in [0.15, 0.2) is 0 Å². The van der Waals surface area contributed by atoms with Gasteiger partial charge in [0.25, 0.3) is 0 Å². The number of benzene rings is 1. The van der Waals surface area contributed by atoms with Gasteiger partial charge in [0.1, 0.15) is 0 Å². The number of hydrogen-bond donors (Lipinski definition) is 2. The molecule has 106 valence electrons. The van der Waals surface area contributed by atoms with Gasteiger partial charge < -0.3 is 0 Å². The fourth-order valence-corrected chi connectivity index (χ4v) is 3.37. The standard InChI is InChI=1S/C17H23N3/c18-20-17(11-13-5-2-1-3-6-13)15-8-9-16-14(12-15)7-4-10-19-16/h4,7-10,12-13,17,20H,1-3,5-6,11,18H2. The lowest BCUT2D eigenvalue weighted by Crippen LogP contribution is -2.30. The molecule has 2 aromatic rings. The summed E-state index contributed by atoms with van der Waals surface area (Å²) in [7, 11) is 0. The number of hydrogen-bond acceptors (Lipinski definition) is 3. The maximum atomic E-state index is 5.80. The molecular weight excluding hydrogens is 246 g/mol. The van der Waals surface area contributed by atoms with Crippen molar-refractivity contribution in [3.05, 3.63) is 42.1 Å². The van der Waals surface area contributed by atoms with Crippen LogP contribution in [0.25, 0.3) is 10.9 Å². The molecule has 0 radical (unpaired) electrons. The van der Waals surface area contributed by atoms with Crippen molar-refractivity contribution in [3.8, 4) is 0 Å². The molecule has 0 saturated heterocycles. The van der Waals surface area contributed by atoms with Gasteiger partial charge in [-0.25, -0.2) is 0 Å². The molecule has 0 spiro atoms. The molecule has 1 aromatic heterocycles. The van der Waals surface area contributed by atoms with Crippen molar-refractivity contribution in [2.24, 2.45) is 11.8 Å². The number of nitrogens with two attached hydrogens (primary N) is 1. The van der Waals surface area contributed by atoms with Gasteiger partial charge in [0.2, 0.25) is 0 Å². The Balaban J connectivity index is 1.79. The largest absolute Gasteiger partial charge is 0.271 e. The van der Waals surface area contributed by atoms with Crippen molar-refractivity contribution in [1.82, 2.24) is 10.4 Å². The highest BCUT2D eigenvalue weighted by atomic mass is 15.2. The van der Waals surface area contributed by atoms with Crippen LogP contribution in [0.15, 0.2) is 36.5 Å². The third kappa shape index (κ3) is 3.00. The summed E-state index contributed by atoms with van der Waals surface area (Å²) in [6.07, 6.45) is 9.84. The molecule has 20 heavy (non-hydrogen) atoms. The van der Waals surface area contributed by atoms with Crippen LogP contribution >= 0.6 is 0 Å². The van der Waals surface area contributed by atoms with Crippen LogP contribution in [-0.2, 0) is 0 Å². The van der Waals surface area contributed by atoms with Gasteiger partial charge >= 0.3 is 0 Å². The second-order valence-electron chi connectivity index (χ2n) is 5.91. The minimum Gasteiger partial charge on any atom is -0.271 e. The van der Waals surface area contributed by atoms with Gasteiger partial charge in [-0.2, -0.15) is 0 Å². The Labute approximate surface area is 120 Å². The second kappa shape index (κ2) is 6.33. The van der Waals surface area contributed by atoms with Crippen molar-refractivity contribution < 1.29 is 0 Å². The van der Waals surface area contributed by atoms with Crippen LogP contribution in [0.5, 0.6) is 0 Å². The van der Waals surface area contributed by atoms with E-state index in [4.69, 9.17) is 5.84 Å². The van der Waals surface area contributed by atoms with E-state index in [1.54, 1.807) is 0 Å². The summed E-state index contributed by atoms with van der Waals surface area (Å²) in [4.78, 5) is 4.37. The maximum Gasteiger partial charge on any atom is 0.0702 e. The van der Waals surface area contributed by atoms with Crippen LogP contribution in [0, 0.1) is 5.92 Å². The van der Waals surface area contributed by atoms with Crippen molar-refractivity contribution >= 4 is 10.9 Å². The highest BCUT2D eigenvalue weighted by Crippen LogP contribution is 2.32. The van der Waals surface area contributed by atoms with Crippen molar-refractivity contribution in [3.63, 3.8) is 0 Å². The lowest BCUT2D eigenvalue weighted by Gasteiger charge is -2.26. The van der Waals surface area contributed by atoms with Gasteiger partial charge in [0.05, 0.1) is 5.52 Å². The average molecular weight is 269 g/mol. The van der Waals surface area contributed by atoms with E-state index < -0.39 is 0 Å².